The number of fused-ring (bicyclic) bond motifs is 6. The topological polar surface area (TPSA) is 159 Å². The van der Waals surface area contributed by atoms with Gasteiger partial charge >= 0.3 is 0 Å². The highest BCUT2D eigenvalue weighted by Gasteiger charge is 2.25. The summed E-state index contributed by atoms with van der Waals surface area (Å²) in [6, 6.07) is 14.9. The molecule has 0 aliphatic heterocycles. The van der Waals surface area contributed by atoms with E-state index in [4.69, 9.17) is 11.5 Å². The summed E-state index contributed by atoms with van der Waals surface area (Å²) in [5, 5.41) is 33.9. The van der Waals surface area contributed by atoms with Crippen molar-refractivity contribution < 1.29 is 36.6 Å². The van der Waals surface area contributed by atoms with Gasteiger partial charge in [-0.3, -0.25) is 8.80 Å². The molecule has 21 heteroatoms. The Morgan fingerprint density at radius 1 is 0.714 bits per heavy atom. The highest BCUT2D eigenvalue weighted by Crippen LogP contribution is 2.35. The molecule has 0 aliphatic rings. The minimum absolute atomic E-state index is 0.0264. The van der Waals surface area contributed by atoms with E-state index in [0.29, 0.717) is 21.3 Å². The fourth-order valence-corrected chi connectivity index (χ4v) is 6.20. The maximum Gasteiger partial charge on any atom is 0.257 e. The van der Waals surface area contributed by atoms with Crippen LogP contribution in [-0.4, -0.2) is 96.5 Å². The van der Waals surface area contributed by atoms with Crippen molar-refractivity contribution in [3.05, 3.63) is 108 Å². The van der Waals surface area contributed by atoms with Gasteiger partial charge in [-0.1, -0.05) is 24.0 Å². The van der Waals surface area contributed by atoms with E-state index in [1.165, 1.54) is 93.9 Å². The van der Waals surface area contributed by atoms with Crippen LogP contribution in [0.2, 0.25) is 0 Å². The molecular weight excluding hydrogens is 898 g/mol. The Labute approximate surface area is 363 Å². The summed E-state index contributed by atoms with van der Waals surface area (Å²) >= 11 is 3.22. The van der Waals surface area contributed by atoms with E-state index in [-0.39, 0.29) is 45.3 Å². The van der Waals surface area contributed by atoms with Crippen molar-refractivity contribution in [1.29, 1.82) is 0 Å². The van der Waals surface area contributed by atoms with Crippen LogP contribution in [0.1, 0.15) is 33.4 Å². The number of nitrogens with zero attached hydrogens (tertiary/aromatic N) is 12. The molecule has 324 valence electrons. The Balaban J connectivity index is 0.000000188. The number of halogens is 7. The van der Waals surface area contributed by atoms with E-state index < -0.39 is 48.8 Å². The lowest BCUT2D eigenvalue weighted by Crippen LogP contribution is -2.25. The minimum Gasteiger partial charge on any atom is -0.378 e. The zero-order valence-corrected chi connectivity index (χ0v) is 35.2. The van der Waals surface area contributed by atoms with Gasteiger partial charge < -0.3 is 20.0 Å². The molecule has 0 fully saturated rings. The Hall–Kier alpha value is -6.94. The van der Waals surface area contributed by atoms with Crippen molar-refractivity contribution in [3.63, 3.8) is 0 Å². The highest BCUT2D eigenvalue weighted by molar-refractivity contribution is 9.10. The molecule has 6 heterocycles. The highest BCUT2D eigenvalue weighted by atomic mass is 79.9. The normalized spacial score (nSPS) is 11.5. The van der Waals surface area contributed by atoms with E-state index in [1.807, 2.05) is 0 Å². The zero-order valence-electron chi connectivity index (χ0n) is 33.6. The molecule has 2 N–H and O–H groups in total. The van der Waals surface area contributed by atoms with Gasteiger partial charge in [-0.05, 0) is 98.1 Å². The summed E-state index contributed by atoms with van der Waals surface area (Å²) in [5.74, 6) is 6.64. The summed E-state index contributed by atoms with van der Waals surface area (Å²) in [6.07, 6.45) is 5.04. The number of aliphatic hydroxyl groups is 2. The Kier molecular flexibility index (Phi) is 13.7. The van der Waals surface area contributed by atoms with Gasteiger partial charge in [0.25, 0.3) is 24.4 Å². The largest absolute Gasteiger partial charge is 0.378 e. The Morgan fingerprint density at radius 2 is 1.17 bits per heavy atom. The predicted octanol–water partition coefficient (Wildman–Crippen LogP) is 7.71. The van der Waals surface area contributed by atoms with Crippen molar-refractivity contribution in [3.8, 4) is 24.2 Å². The van der Waals surface area contributed by atoms with Crippen LogP contribution in [0.5, 0.6) is 0 Å². The second kappa shape index (κ2) is 19.0. The first-order valence-corrected chi connectivity index (χ1v) is 19.3. The van der Waals surface area contributed by atoms with Crippen LogP contribution < -0.4 is 9.80 Å². The lowest BCUT2D eigenvalue weighted by molar-refractivity contribution is 0.143. The number of anilines is 4. The molecular formula is C42H35BrF6N12O2. The maximum absolute atomic E-state index is 14.9. The van der Waals surface area contributed by atoms with Crippen LogP contribution in [0.15, 0.2) is 90.3 Å². The third-order valence-corrected chi connectivity index (χ3v) is 8.93. The molecule has 0 bridgehead atoms. The van der Waals surface area contributed by atoms with E-state index in [0.717, 1.165) is 0 Å². The summed E-state index contributed by atoms with van der Waals surface area (Å²) in [7, 11) is 0. The van der Waals surface area contributed by atoms with Crippen LogP contribution in [0.3, 0.4) is 0 Å². The Bertz CT molecular complexity index is 3010. The van der Waals surface area contributed by atoms with Crippen molar-refractivity contribution in [2.45, 2.75) is 51.7 Å². The molecule has 8 aromatic rings. The van der Waals surface area contributed by atoms with Gasteiger partial charge in [0.15, 0.2) is 0 Å². The number of pyridine rings is 2. The Morgan fingerprint density at radius 3 is 1.60 bits per heavy atom. The van der Waals surface area contributed by atoms with Crippen LogP contribution in [-0.2, 0) is 0 Å². The lowest BCUT2D eigenvalue weighted by atomic mass is 10.1. The van der Waals surface area contributed by atoms with Crippen LogP contribution in [0, 0.1) is 35.8 Å². The van der Waals surface area contributed by atoms with Crippen LogP contribution in [0.25, 0.3) is 33.4 Å². The number of rotatable bonds is 8. The van der Waals surface area contributed by atoms with Crippen molar-refractivity contribution in [2.24, 2.45) is 0 Å². The smallest absolute Gasteiger partial charge is 0.257 e. The van der Waals surface area contributed by atoms with E-state index in [2.05, 4.69) is 74.0 Å². The first-order valence-electron chi connectivity index (χ1n) is 18.5. The SMILES string of the molecule is C#CC(C)(C)O.CC(C)(O)C#Cc1cc(N(CC(F)F)c2nc3nncn3c3cccc(F)c23)ccn1.Fc1cccc2c1c(N(CC(F)F)c1ccnc(Br)c1)nc1nncn12. The molecule has 0 saturated carbocycles. The number of terminal acetylenes is 1. The molecule has 0 saturated heterocycles. The van der Waals surface area contributed by atoms with Gasteiger partial charge in [0.1, 0.15) is 57.4 Å². The first-order chi connectivity index (χ1) is 29.8. The van der Waals surface area contributed by atoms with E-state index in [9.17, 15) is 31.4 Å². The first kappa shape index (κ1) is 45.6. The second-order valence-corrected chi connectivity index (χ2v) is 15.2. The fraction of sp³-hybridized carbons (Fsp3) is 0.238. The number of alkyl halides is 4. The number of hydrogen-bond acceptors (Lipinski definition) is 12. The molecule has 2 aromatic carbocycles. The van der Waals surface area contributed by atoms with Crippen molar-refractivity contribution >= 4 is 72.3 Å². The molecule has 8 rings (SSSR count). The van der Waals surface area contributed by atoms with Crippen LogP contribution in [0.4, 0.5) is 49.4 Å². The van der Waals surface area contributed by atoms with Crippen molar-refractivity contribution in [1.82, 2.24) is 49.1 Å². The third-order valence-electron chi connectivity index (χ3n) is 8.50. The molecule has 0 aliphatic carbocycles. The molecule has 0 unspecified atom stereocenters. The molecule has 0 radical (unpaired) electrons. The maximum atomic E-state index is 14.9. The fourth-order valence-electron chi connectivity index (χ4n) is 5.85. The predicted molar refractivity (Wildman–Crippen MR) is 227 cm³/mol. The van der Waals surface area contributed by atoms with Gasteiger partial charge in [-0.15, -0.1) is 26.8 Å². The third kappa shape index (κ3) is 11.1. The van der Waals surface area contributed by atoms with Gasteiger partial charge in [-0.2, -0.15) is 9.97 Å². The van der Waals surface area contributed by atoms with Gasteiger partial charge in [0, 0.05) is 23.8 Å². The molecule has 0 atom stereocenters. The lowest BCUT2D eigenvalue weighted by Gasteiger charge is -2.25. The van der Waals surface area contributed by atoms with Crippen molar-refractivity contribution in [2.75, 3.05) is 22.9 Å². The molecule has 0 amide bonds. The summed E-state index contributed by atoms with van der Waals surface area (Å²) < 4.78 is 86.6. The quantitative estimate of drug-likeness (QED) is 0.0871. The summed E-state index contributed by atoms with van der Waals surface area (Å²) in [5.41, 5.74) is -0.417. The second-order valence-electron chi connectivity index (χ2n) is 14.4. The van der Waals surface area contributed by atoms with E-state index in [1.54, 1.807) is 38.1 Å². The van der Waals surface area contributed by atoms with Gasteiger partial charge in [0.05, 0.1) is 34.9 Å². The molecule has 6 aromatic heterocycles. The number of benzene rings is 2. The summed E-state index contributed by atoms with van der Waals surface area (Å²) in [4.78, 5) is 19.1. The average Bonchev–Trinajstić information content (AvgIpc) is 3.91. The number of hydrogen-bond donors (Lipinski definition) is 2. The minimum atomic E-state index is -2.74. The molecule has 63 heavy (non-hydrogen) atoms. The van der Waals surface area contributed by atoms with E-state index >= 15 is 0 Å². The van der Waals surface area contributed by atoms with Gasteiger partial charge in [-0.25, -0.2) is 36.3 Å². The molecule has 0 spiro atoms. The zero-order chi connectivity index (χ0) is 45.6. The molecule has 14 nitrogen and oxygen atoms in total. The number of aromatic nitrogens is 10. The monoisotopic (exact) mass is 932 g/mol. The van der Waals surface area contributed by atoms with Crippen LogP contribution >= 0.6 is 15.9 Å². The van der Waals surface area contributed by atoms with Gasteiger partial charge in [0.2, 0.25) is 0 Å². The average molecular weight is 934 g/mol. The summed E-state index contributed by atoms with van der Waals surface area (Å²) in [6.45, 7) is 4.74. The standard InChI is InChI=1S/C21H17F3N6O.C16H10BrF3N6.C5H8O/c1-21(2,31)8-6-13-10-14(7-9-25-13)29(11-17(23)24)19-18-15(22)4-3-5-16(18)30-12-26-28-20(30)27-19;17-12-6-9(4-5-21-12)25(7-13(19)20)15-14-10(18)2-1-3-11(14)26-8-22-24-16(26)23-15;1-4-5(2,3)6/h3-5,7,9-10,12,17,31H,11H2,1-2H3;1-6,8,13H,7H2;1,6H,2-3H3.